The number of nitrogens with one attached hydrogen (secondary N) is 1. The summed E-state index contributed by atoms with van der Waals surface area (Å²) in [5, 5.41) is 3.22. The van der Waals surface area contributed by atoms with E-state index in [0.29, 0.717) is 5.56 Å². The number of rotatable bonds is 4. The van der Waals surface area contributed by atoms with Gasteiger partial charge in [-0.1, -0.05) is 36.4 Å². The van der Waals surface area contributed by atoms with Gasteiger partial charge in [0.15, 0.2) is 0 Å². The molecule has 5 heteroatoms. The van der Waals surface area contributed by atoms with E-state index in [9.17, 15) is 4.79 Å². The maximum Gasteiger partial charge on any atom is 0.251 e. The molecule has 0 bridgehead atoms. The van der Waals surface area contributed by atoms with Crippen molar-refractivity contribution in [3.05, 3.63) is 77.6 Å². The first-order valence-electron chi connectivity index (χ1n) is 10.8. The van der Waals surface area contributed by atoms with Crippen LogP contribution in [0.15, 0.2) is 60.9 Å². The lowest BCUT2D eigenvalue weighted by molar-refractivity contribution is 0.0933. The van der Waals surface area contributed by atoms with Crippen molar-refractivity contribution >= 4 is 11.9 Å². The van der Waals surface area contributed by atoms with Crippen molar-refractivity contribution < 1.29 is 4.79 Å². The van der Waals surface area contributed by atoms with Gasteiger partial charge in [0.25, 0.3) is 5.91 Å². The molecule has 5 nitrogen and oxygen atoms in total. The Balaban J connectivity index is 1.27. The van der Waals surface area contributed by atoms with E-state index in [0.717, 1.165) is 49.4 Å². The highest BCUT2D eigenvalue weighted by atomic mass is 16.1. The minimum Gasteiger partial charge on any atom is -0.345 e. The smallest absolute Gasteiger partial charge is 0.251 e. The lowest BCUT2D eigenvalue weighted by Crippen LogP contribution is -2.30. The van der Waals surface area contributed by atoms with Gasteiger partial charge in [0.1, 0.15) is 0 Å². The molecule has 0 spiro atoms. The van der Waals surface area contributed by atoms with Gasteiger partial charge in [-0.2, -0.15) is 0 Å². The number of anilines is 1. The van der Waals surface area contributed by atoms with Gasteiger partial charge in [0.2, 0.25) is 5.95 Å². The normalized spacial score (nSPS) is 18.1. The molecule has 2 aliphatic rings. The molecule has 1 atom stereocenters. The predicted molar refractivity (Wildman–Crippen MR) is 119 cm³/mol. The van der Waals surface area contributed by atoms with Gasteiger partial charge in [-0.05, 0) is 60.9 Å². The second kappa shape index (κ2) is 8.27. The van der Waals surface area contributed by atoms with Crippen molar-refractivity contribution in [2.45, 2.75) is 38.1 Å². The molecule has 2 aromatic carbocycles. The summed E-state index contributed by atoms with van der Waals surface area (Å²) in [6.07, 6.45) is 9.34. The number of aryl methyl sites for hydroxylation is 1. The maximum atomic E-state index is 12.8. The first kappa shape index (κ1) is 18.8. The SMILES string of the molecule is O=C(N[C@H]1CCCc2ccccc21)c1ccc(-c2cnc(N3CCCC3)nc2)cc1. The number of fused-ring (bicyclic) bond motifs is 1. The number of carbonyl (C=O) groups excluding carboxylic acids is 1. The minimum atomic E-state index is -0.0242. The number of carbonyl (C=O) groups is 1. The molecule has 0 unspecified atom stereocenters. The number of nitrogens with zero attached hydrogens (tertiary/aromatic N) is 3. The molecule has 0 radical (unpaired) electrons. The standard InChI is InChI=1S/C25H26N4O/c30-24(28-23-9-5-7-19-6-1-2-8-22(19)23)20-12-10-18(11-13-20)21-16-26-25(27-17-21)29-14-3-4-15-29/h1-2,6,8,10-13,16-17,23H,3-5,7,9,14-15H2,(H,28,30)/t23-/m0/s1. The molecule has 2 heterocycles. The molecule has 1 aliphatic heterocycles. The van der Waals surface area contributed by atoms with E-state index in [1.54, 1.807) is 0 Å². The highest BCUT2D eigenvalue weighted by Gasteiger charge is 2.22. The molecule has 1 saturated heterocycles. The molecule has 1 aliphatic carbocycles. The topological polar surface area (TPSA) is 58.1 Å². The van der Waals surface area contributed by atoms with Gasteiger partial charge in [-0.25, -0.2) is 9.97 Å². The molecular formula is C25H26N4O. The van der Waals surface area contributed by atoms with Gasteiger partial charge in [0, 0.05) is 36.6 Å². The lowest BCUT2D eigenvalue weighted by Gasteiger charge is -2.26. The minimum absolute atomic E-state index is 0.0242. The first-order valence-corrected chi connectivity index (χ1v) is 10.8. The summed E-state index contributed by atoms with van der Waals surface area (Å²) in [7, 11) is 0. The summed E-state index contributed by atoms with van der Waals surface area (Å²) < 4.78 is 0. The van der Waals surface area contributed by atoms with Crippen molar-refractivity contribution in [2.24, 2.45) is 0 Å². The monoisotopic (exact) mass is 398 g/mol. The summed E-state index contributed by atoms with van der Waals surface area (Å²) >= 11 is 0. The summed E-state index contributed by atoms with van der Waals surface area (Å²) in [6.45, 7) is 2.07. The zero-order chi connectivity index (χ0) is 20.3. The van der Waals surface area contributed by atoms with Crippen LogP contribution < -0.4 is 10.2 Å². The van der Waals surface area contributed by atoms with Gasteiger partial charge >= 0.3 is 0 Å². The van der Waals surface area contributed by atoms with Crippen LogP contribution in [0.2, 0.25) is 0 Å². The summed E-state index contributed by atoms with van der Waals surface area (Å²) in [5.74, 6) is 0.781. The average molecular weight is 399 g/mol. The van der Waals surface area contributed by atoms with Crippen LogP contribution in [0, 0.1) is 0 Å². The van der Waals surface area contributed by atoms with E-state index in [-0.39, 0.29) is 11.9 Å². The quantitative estimate of drug-likeness (QED) is 0.700. The third kappa shape index (κ3) is 3.80. The van der Waals surface area contributed by atoms with Crippen LogP contribution in [-0.2, 0) is 6.42 Å². The fourth-order valence-electron chi connectivity index (χ4n) is 4.51. The number of aromatic nitrogens is 2. The molecule has 1 amide bonds. The molecule has 1 aromatic heterocycles. The van der Waals surface area contributed by atoms with Gasteiger partial charge in [-0.3, -0.25) is 4.79 Å². The fraction of sp³-hybridized carbons (Fsp3) is 0.320. The Morgan fingerprint density at radius 1 is 0.900 bits per heavy atom. The molecule has 1 N–H and O–H groups in total. The molecule has 30 heavy (non-hydrogen) atoms. The second-order valence-corrected chi connectivity index (χ2v) is 8.16. The van der Waals surface area contributed by atoms with E-state index in [1.807, 2.05) is 36.7 Å². The Morgan fingerprint density at radius 3 is 2.40 bits per heavy atom. The average Bonchev–Trinajstić information content (AvgIpc) is 3.35. The van der Waals surface area contributed by atoms with Crippen LogP contribution in [0.3, 0.4) is 0 Å². The third-order valence-electron chi connectivity index (χ3n) is 6.18. The zero-order valence-corrected chi connectivity index (χ0v) is 17.1. The fourth-order valence-corrected chi connectivity index (χ4v) is 4.51. The largest absolute Gasteiger partial charge is 0.345 e. The molecule has 3 aromatic rings. The second-order valence-electron chi connectivity index (χ2n) is 8.16. The van der Waals surface area contributed by atoms with Crippen LogP contribution in [-0.4, -0.2) is 29.0 Å². The predicted octanol–water partition coefficient (Wildman–Crippen LogP) is 4.55. The van der Waals surface area contributed by atoms with Gasteiger partial charge in [-0.15, -0.1) is 0 Å². The lowest BCUT2D eigenvalue weighted by atomic mass is 9.87. The highest BCUT2D eigenvalue weighted by Crippen LogP contribution is 2.30. The molecular weight excluding hydrogens is 372 g/mol. The molecule has 0 saturated carbocycles. The molecule has 5 rings (SSSR count). The van der Waals surface area contributed by atoms with Gasteiger partial charge < -0.3 is 10.2 Å². The van der Waals surface area contributed by atoms with E-state index in [1.165, 1.54) is 24.0 Å². The van der Waals surface area contributed by atoms with Crippen LogP contribution >= 0.6 is 0 Å². The summed E-state index contributed by atoms with van der Waals surface area (Å²) in [4.78, 5) is 24.1. The first-order chi connectivity index (χ1) is 14.8. The highest BCUT2D eigenvalue weighted by molar-refractivity contribution is 5.95. The molecule has 152 valence electrons. The summed E-state index contributed by atoms with van der Waals surface area (Å²) in [6, 6.07) is 16.2. The number of hydrogen-bond acceptors (Lipinski definition) is 4. The van der Waals surface area contributed by atoms with Gasteiger partial charge in [0.05, 0.1) is 6.04 Å². The van der Waals surface area contributed by atoms with Crippen molar-refractivity contribution in [3.8, 4) is 11.1 Å². The molecule has 1 fully saturated rings. The number of amides is 1. The van der Waals surface area contributed by atoms with E-state index < -0.39 is 0 Å². The van der Waals surface area contributed by atoms with Crippen molar-refractivity contribution in [3.63, 3.8) is 0 Å². The Morgan fingerprint density at radius 2 is 1.63 bits per heavy atom. The van der Waals surface area contributed by atoms with E-state index in [2.05, 4.69) is 44.5 Å². The Labute approximate surface area is 177 Å². The Kier molecular flexibility index (Phi) is 5.18. The van der Waals surface area contributed by atoms with Crippen molar-refractivity contribution in [2.75, 3.05) is 18.0 Å². The van der Waals surface area contributed by atoms with Crippen molar-refractivity contribution in [1.29, 1.82) is 0 Å². The maximum absolute atomic E-state index is 12.8. The van der Waals surface area contributed by atoms with Crippen molar-refractivity contribution in [1.82, 2.24) is 15.3 Å². The van der Waals surface area contributed by atoms with E-state index in [4.69, 9.17) is 0 Å². The van der Waals surface area contributed by atoms with E-state index >= 15 is 0 Å². The Hall–Kier alpha value is -3.21. The van der Waals surface area contributed by atoms with Crippen LogP contribution in [0.25, 0.3) is 11.1 Å². The zero-order valence-electron chi connectivity index (χ0n) is 17.1. The Bertz CT molecular complexity index is 1020. The van der Waals surface area contributed by atoms with Crippen LogP contribution in [0.5, 0.6) is 0 Å². The third-order valence-corrected chi connectivity index (χ3v) is 6.18. The van der Waals surface area contributed by atoms with Crippen LogP contribution in [0.4, 0.5) is 5.95 Å². The number of benzene rings is 2. The summed E-state index contributed by atoms with van der Waals surface area (Å²) in [5.41, 5.74) is 5.26. The van der Waals surface area contributed by atoms with Crippen LogP contribution in [0.1, 0.15) is 53.2 Å². The number of hydrogen-bond donors (Lipinski definition) is 1.